The molecule has 0 amide bonds. The summed E-state index contributed by atoms with van der Waals surface area (Å²) in [4.78, 5) is 4.06. The second-order valence-corrected chi connectivity index (χ2v) is 9.86. The number of hydrogen-bond donors (Lipinski definition) is 1. The maximum atomic E-state index is 16.0. The Bertz CT molecular complexity index is 1840. The Balaban J connectivity index is 2.42. The van der Waals surface area contributed by atoms with Crippen molar-refractivity contribution in [1.29, 1.82) is 5.26 Å². The highest BCUT2D eigenvalue weighted by molar-refractivity contribution is 6.11. The predicted molar refractivity (Wildman–Crippen MR) is 125 cm³/mol. The van der Waals surface area contributed by atoms with Crippen molar-refractivity contribution in [1.82, 2.24) is 30.4 Å². The first-order chi connectivity index (χ1) is 24.5. The highest BCUT2D eigenvalue weighted by Crippen LogP contribution is 2.58. The molecule has 13 nitrogen and oxygen atoms in total. The Labute approximate surface area is 282 Å². The molecular weight excluding hydrogens is 815 g/mol. The lowest BCUT2D eigenvalue weighted by Gasteiger charge is -2.37. The van der Waals surface area contributed by atoms with E-state index in [1.165, 1.54) is 0 Å². The molecule has 2 aliphatic heterocycles. The summed E-state index contributed by atoms with van der Waals surface area (Å²) in [5, 5.41) is 17.1. The van der Waals surface area contributed by atoms with Gasteiger partial charge < -0.3 is 9.47 Å². The number of nitrogens with one attached hydrogen (secondary N) is 1. The minimum atomic E-state index is -7.48. The highest BCUT2D eigenvalue weighted by atomic mass is 19.4. The van der Waals surface area contributed by atoms with E-state index in [0.29, 0.717) is 17.7 Å². The first-order valence-corrected chi connectivity index (χ1v) is 13.0. The zero-order valence-corrected chi connectivity index (χ0v) is 24.6. The third-order valence-electron chi connectivity index (χ3n) is 6.33. The lowest BCUT2D eigenvalue weighted by Crippen LogP contribution is -2.67. The van der Waals surface area contributed by atoms with E-state index in [-0.39, 0.29) is 6.20 Å². The molecule has 299 valence electrons. The van der Waals surface area contributed by atoms with Crippen LogP contribution < -0.4 is 15.6 Å². The summed E-state index contributed by atoms with van der Waals surface area (Å²) in [6, 6.07) is 0.490. The summed E-state index contributed by atoms with van der Waals surface area (Å²) in [7, 11) is 0. The largest absolute Gasteiger partial charge is 0.516 e. The molecule has 0 aliphatic carbocycles. The quantitative estimate of drug-likeness (QED) is 0.183. The molecule has 0 aromatic carbocycles. The summed E-state index contributed by atoms with van der Waals surface area (Å²) >= 11 is 0. The number of alkyl halides is 19. The third-order valence-corrected chi connectivity index (χ3v) is 6.33. The molecule has 2 aromatic rings. The fraction of sp³-hybridized carbons (Fsp3) is 0.455. The van der Waals surface area contributed by atoms with Gasteiger partial charge in [0.05, 0.1) is 6.42 Å². The number of nitrogens with zero attached hydrogens (tertiary/aromatic N) is 8. The van der Waals surface area contributed by atoms with E-state index in [4.69, 9.17) is 0 Å². The molecule has 0 unspecified atom stereocenters. The minimum Gasteiger partial charge on any atom is -0.423 e. The second-order valence-electron chi connectivity index (χ2n) is 9.86. The van der Waals surface area contributed by atoms with Gasteiger partial charge in [0.15, 0.2) is 11.4 Å². The maximum Gasteiger partial charge on any atom is 0.516 e. The molecule has 1 N–H and O–H groups in total. The zero-order chi connectivity index (χ0) is 41.0. The van der Waals surface area contributed by atoms with Gasteiger partial charge in [-0.2, -0.15) is 99.5 Å². The molecule has 0 bridgehead atoms. The zero-order valence-electron chi connectivity index (χ0n) is 24.6. The lowest BCUT2D eigenvalue weighted by atomic mass is 10.0. The maximum absolute atomic E-state index is 16.0. The Morgan fingerprint density at radius 1 is 0.889 bits per heavy atom. The van der Waals surface area contributed by atoms with Crippen molar-refractivity contribution in [3.63, 3.8) is 0 Å². The van der Waals surface area contributed by atoms with Gasteiger partial charge in [0.2, 0.25) is 17.3 Å². The molecule has 2 atom stereocenters. The fourth-order valence-corrected chi connectivity index (χ4v) is 4.65. The minimum absolute atomic E-state index is 0.0725. The van der Waals surface area contributed by atoms with Crippen LogP contribution in [0.5, 0.6) is 5.88 Å². The monoisotopic (exact) mass is 825 g/mol. The number of rotatable bonds is 13. The highest BCUT2D eigenvalue weighted by Gasteiger charge is 2.81. The van der Waals surface area contributed by atoms with E-state index in [1.807, 2.05) is 0 Å². The molecule has 0 saturated heterocycles. The smallest absolute Gasteiger partial charge is 0.423 e. The van der Waals surface area contributed by atoms with Crippen LogP contribution in [-0.2, 0) is 26.7 Å². The summed E-state index contributed by atoms with van der Waals surface area (Å²) in [6.07, 6.45) is -28.8. The average Bonchev–Trinajstić information content (AvgIpc) is 3.76. The Morgan fingerprint density at radius 3 is 1.96 bits per heavy atom. The number of nitriles is 1. The molecule has 2 aromatic heterocycles. The van der Waals surface area contributed by atoms with Crippen molar-refractivity contribution < 1.29 is 107 Å². The van der Waals surface area contributed by atoms with Gasteiger partial charge in [-0.05, 0) is 10.8 Å². The van der Waals surface area contributed by atoms with Gasteiger partial charge in [-0.3, -0.25) is 4.74 Å². The number of halogens is 19. The van der Waals surface area contributed by atoms with E-state index in [0.717, 1.165) is 6.07 Å². The van der Waals surface area contributed by atoms with Crippen molar-refractivity contribution in [2.75, 3.05) is 0 Å². The van der Waals surface area contributed by atoms with Crippen LogP contribution >= 0.6 is 0 Å². The van der Waals surface area contributed by atoms with Gasteiger partial charge >= 0.3 is 56.3 Å². The Morgan fingerprint density at radius 2 is 1.50 bits per heavy atom. The Kier molecular flexibility index (Phi) is 10.6. The van der Waals surface area contributed by atoms with E-state index in [1.54, 1.807) is 0 Å². The van der Waals surface area contributed by atoms with Crippen molar-refractivity contribution >= 4 is 11.4 Å². The molecule has 4 heterocycles. The van der Waals surface area contributed by atoms with Crippen molar-refractivity contribution in [2.24, 2.45) is 5.10 Å². The molecule has 32 heteroatoms. The second kappa shape index (κ2) is 13.7. The van der Waals surface area contributed by atoms with Crippen molar-refractivity contribution in [2.45, 2.75) is 62.7 Å². The molecule has 1 radical (unpaired) electrons. The number of aromatic nitrogens is 4. The standard InChI is InChI=1S/C22H10F19N9O4/c23-14(24)51-9-4-8(20(34,35)36)46-49(9)11-12(19(32,33)21(37,38)39)50(54-22(40,41)48-3-1-2-43-48,13-10(52-15(25)26)7(5-42)44-45-13)47-17(11,53-16(27)28)6-18(29,30)31/h1-4,14-16,47H,6H2/q+1/t17-,50-/m0/s1. The van der Waals surface area contributed by atoms with Crippen molar-refractivity contribution in [3.05, 3.63) is 47.5 Å². The van der Waals surface area contributed by atoms with Crippen LogP contribution in [0, 0.1) is 11.3 Å². The van der Waals surface area contributed by atoms with E-state index >= 15 is 17.6 Å². The first kappa shape index (κ1) is 41.7. The van der Waals surface area contributed by atoms with Crippen LogP contribution in [0.4, 0.5) is 83.4 Å². The number of hydroxylamine groups is 2. The van der Waals surface area contributed by atoms with E-state index in [9.17, 15) is 71.1 Å². The topological polar surface area (TPSA) is 135 Å². The van der Waals surface area contributed by atoms with Crippen LogP contribution in [0.25, 0.3) is 5.70 Å². The van der Waals surface area contributed by atoms with Gasteiger partial charge in [0.25, 0.3) is 11.5 Å². The molecule has 0 saturated carbocycles. The van der Waals surface area contributed by atoms with Crippen LogP contribution in [-0.4, -0.2) is 73.9 Å². The summed E-state index contributed by atoms with van der Waals surface area (Å²) in [6.45, 7) is -13.9. The van der Waals surface area contributed by atoms with Crippen LogP contribution in [0.1, 0.15) is 12.1 Å². The summed E-state index contributed by atoms with van der Waals surface area (Å²) < 4.78 is 277. The van der Waals surface area contributed by atoms with Crippen LogP contribution in [0.15, 0.2) is 46.9 Å². The molecule has 4 rings (SSSR count). The molecule has 0 spiro atoms. The average molecular weight is 825 g/mol. The molecule has 0 fully saturated rings. The predicted octanol–water partition coefficient (Wildman–Crippen LogP) is 6.33. The van der Waals surface area contributed by atoms with Gasteiger partial charge in [-0.1, -0.05) is 15.7 Å². The van der Waals surface area contributed by atoms with Crippen LogP contribution in [0.3, 0.4) is 0 Å². The number of allylic oxidation sites excluding steroid dienone is 2. The van der Waals surface area contributed by atoms with Gasteiger partial charge in [0.1, 0.15) is 6.07 Å². The third kappa shape index (κ3) is 7.78. The normalized spacial score (nSPS) is 21.8. The van der Waals surface area contributed by atoms with Gasteiger partial charge in [0, 0.05) is 18.5 Å². The first-order valence-electron chi connectivity index (χ1n) is 13.0. The SMILES string of the molecule is N#CC1=N[N]C([N@+]2(OC(F)(F)n3cccn3)N[C@@](CC(F)(F)F)(OC(F)F)C(n3nc(C(F)(F)F)cc3OC(F)F)=C2C(F)(F)C(F)(F)F)=C1OC(F)F. The molecular formula is C22H10F19N9O4+. The summed E-state index contributed by atoms with van der Waals surface area (Å²) in [5.74, 6) is -14.9. The Hall–Kier alpha value is -5.03. The van der Waals surface area contributed by atoms with E-state index in [2.05, 4.69) is 39.8 Å². The number of ether oxygens (including phenoxy) is 3. The van der Waals surface area contributed by atoms with Crippen molar-refractivity contribution in [3.8, 4) is 11.9 Å². The number of hydrogen-bond acceptors (Lipinski definition) is 9. The van der Waals surface area contributed by atoms with E-state index < -0.39 is 123 Å². The van der Waals surface area contributed by atoms with Crippen LogP contribution in [0.2, 0.25) is 0 Å². The molecule has 54 heavy (non-hydrogen) atoms. The molecule has 2 aliphatic rings. The van der Waals surface area contributed by atoms with Gasteiger partial charge in [-0.25, -0.2) is 0 Å². The lowest BCUT2D eigenvalue weighted by molar-refractivity contribution is -1.11. The number of quaternary nitrogens is 1. The van der Waals surface area contributed by atoms with Gasteiger partial charge in [-0.15, -0.1) is 13.9 Å². The fourth-order valence-electron chi connectivity index (χ4n) is 4.65. The summed E-state index contributed by atoms with van der Waals surface area (Å²) in [5.41, 5.74) is -13.8.